The van der Waals surface area contributed by atoms with Gasteiger partial charge in [-0.2, -0.15) is 4.98 Å². The minimum absolute atomic E-state index is 0.000658. The molecule has 1 atom stereocenters. The molecule has 0 unspecified atom stereocenters. The highest BCUT2D eigenvalue weighted by Gasteiger charge is 2.28. The van der Waals surface area contributed by atoms with Gasteiger partial charge in [0.1, 0.15) is 6.04 Å². The maximum absolute atomic E-state index is 12.3. The third-order valence-electron chi connectivity index (χ3n) is 4.20. The maximum atomic E-state index is 12.3. The molecule has 142 valence electrons. The SMILES string of the molecule is O=C(CC[C@H]1NC(=O)c2ccccc2NC1=O)Nc1n[nH]c(-c2ccco2)n1. The zero-order chi connectivity index (χ0) is 19.5. The number of fused-ring (bicyclic) bond motifs is 1. The first kappa shape index (κ1) is 17.5. The number of aromatic nitrogens is 3. The summed E-state index contributed by atoms with van der Waals surface area (Å²) < 4.78 is 5.19. The molecule has 0 saturated carbocycles. The lowest BCUT2D eigenvalue weighted by molar-refractivity contribution is -0.118. The molecule has 3 amide bonds. The highest BCUT2D eigenvalue weighted by molar-refractivity contribution is 6.09. The average molecular weight is 380 g/mol. The number of amides is 3. The largest absolute Gasteiger partial charge is 0.461 e. The average Bonchev–Trinajstić information content (AvgIpc) is 3.34. The van der Waals surface area contributed by atoms with Crippen LogP contribution in [0.4, 0.5) is 11.6 Å². The van der Waals surface area contributed by atoms with E-state index < -0.39 is 6.04 Å². The molecule has 3 heterocycles. The Labute approximate surface area is 158 Å². The van der Waals surface area contributed by atoms with Crippen molar-refractivity contribution in [2.24, 2.45) is 0 Å². The lowest BCUT2D eigenvalue weighted by atomic mass is 10.1. The van der Waals surface area contributed by atoms with E-state index in [2.05, 4.69) is 31.1 Å². The fourth-order valence-corrected chi connectivity index (χ4v) is 2.82. The minimum Gasteiger partial charge on any atom is -0.461 e. The Morgan fingerprint density at radius 3 is 2.86 bits per heavy atom. The molecule has 0 saturated heterocycles. The molecule has 2 aromatic heterocycles. The number of hydrogen-bond acceptors (Lipinski definition) is 6. The van der Waals surface area contributed by atoms with Crippen molar-refractivity contribution in [2.75, 3.05) is 10.6 Å². The van der Waals surface area contributed by atoms with Crippen LogP contribution in [0, 0.1) is 0 Å². The molecule has 0 spiro atoms. The summed E-state index contributed by atoms with van der Waals surface area (Å²) in [6, 6.07) is 9.32. The highest BCUT2D eigenvalue weighted by Crippen LogP contribution is 2.19. The number of hydrogen-bond donors (Lipinski definition) is 4. The Bertz CT molecular complexity index is 1030. The van der Waals surface area contributed by atoms with Crippen molar-refractivity contribution >= 4 is 29.4 Å². The Morgan fingerprint density at radius 2 is 2.04 bits per heavy atom. The first-order valence-electron chi connectivity index (χ1n) is 8.57. The normalized spacial score (nSPS) is 15.9. The van der Waals surface area contributed by atoms with Crippen LogP contribution in [0.25, 0.3) is 11.6 Å². The molecule has 3 aromatic rings. The van der Waals surface area contributed by atoms with Gasteiger partial charge in [-0.15, -0.1) is 5.10 Å². The lowest BCUT2D eigenvalue weighted by Gasteiger charge is -2.13. The van der Waals surface area contributed by atoms with Gasteiger partial charge in [0, 0.05) is 6.42 Å². The summed E-state index contributed by atoms with van der Waals surface area (Å²) in [7, 11) is 0. The number of H-pyrrole nitrogens is 1. The summed E-state index contributed by atoms with van der Waals surface area (Å²) in [6.45, 7) is 0. The van der Waals surface area contributed by atoms with Gasteiger partial charge in [0.2, 0.25) is 17.8 Å². The molecule has 0 radical (unpaired) electrons. The van der Waals surface area contributed by atoms with Gasteiger partial charge >= 0.3 is 0 Å². The predicted molar refractivity (Wildman–Crippen MR) is 98.3 cm³/mol. The van der Waals surface area contributed by atoms with E-state index in [4.69, 9.17) is 4.42 Å². The van der Waals surface area contributed by atoms with Gasteiger partial charge in [0.05, 0.1) is 17.5 Å². The second-order valence-electron chi connectivity index (χ2n) is 6.13. The number of nitrogens with zero attached hydrogens (tertiary/aromatic N) is 2. The van der Waals surface area contributed by atoms with Crippen LogP contribution in [0.1, 0.15) is 23.2 Å². The third kappa shape index (κ3) is 3.61. The molecular weight excluding hydrogens is 364 g/mol. The monoisotopic (exact) mass is 380 g/mol. The Morgan fingerprint density at radius 1 is 1.18 bits per heavy atom. The van der Waals surface area contributed by atoms with E-state index in [0.29, 0.717) is 22.8 Å². The molecule has 4 N–H and O–H groups in total. The van der Waals surface area contributed by atoms with Crippen LogP contribution in [-0.2, 0) is 9.59 Å². The van der Waals surface area contributed by atoms with E-state index in [-0.39, 0.29) is 36.5 Å². The van der Waals surface area contributed by atoms with Gasteiger partial charge in [-0.05, 0) is 30.7 Å². The smallest absolute Gasteiger partial charge is 0.254 e. The quantitative estimate of drug-likeness (QED) is 0.529. The van der Waals surface area contributed by atoms with E-state index >= 15 is 0 Å². The molecule has 0 fully saturated rings. The molecular formula is C18H16N6O4. The van der Waals surface area contributed by atoms with Crippen molar-refractivity contribution < 1.29 is 18.8 Å². The summed E-state index contributed by atoms with van der Waals surface area (Å²) in [6.07, 6.45) is 1.63. The summed E-state index contributed by atoms with van der Waals surface area (Å²) in [4.78, 5) is 40.9. The predicted octanol–water partition coefficient (Wildman–Crippen LogP) is 1.53. The number of benzene rings is 1. The zero-order valence-corrected chi connectivity index (χ0v) is 14.6. The summed E-state index contributed by atoms with van der Waals surface area (Å²) in [5, 5.41) is 14.4. The van der Waals surface area contributed by atoms with Gasteiger partial charge < -0.3 is 15.1 Å². The van der Waals surface area contributed by atoms with Crippen molar-refractivity contribution in [2.45, 2.75) is 18.9 Å². The van der Waals surface area contributed by atoms with E-state index in [1.54, 1.807) is 36.4 Å². The van der Waals surface area contributed by atoms with Crippen molar-refractivity contribution in [3.63, 3.8) is 0 Å². The van der Waals surface area contributed by atoms with Crippen LogP contribution < -0.4 is 16.0 Å². The number of para-hydroxylation sites is 1. The van der Waals surface area contributed by atoms with Crippen molar-refractivity contribution in [3.8, 4) is 11.6 Å². The summed E-state index contributed by atoms with van der Waals surface area (Å²) in [5.74, 6) is -0.147. The van der Waals surface area contributed by atoms with Crippen molar-refractivity contribution in [3.05, 3.63) is 48.2 Å². The zero-order valence-electron chi connectivity index (χ0n) is 14.6. The summed E-state index contributed by atoms with van der Waals surface area (Å²) in [5.41, 5.74) is 0.831. The molecule has 10 nitrogen and oxygen atoms in total. The van der Waals surface area contributed by atoms with Crippen LogP contribution in [0.15, 0.2) is 47.1 Å². The van der Waals surface area contributed by atoms with Crippen LogP contribution in [-0.4, -0.2) is 38.9 Å². The second kappa shape index (κ2) is 7.35. The molecule has 1 aliphatic rings. The Kier molecular flexibility index (Phi) is 4.58. The topological polar surface area (TPSA) is 142 Å². The van der Waals surface area contributed by atoms with E-state index in [1.165, 1.54) is 6.26 Å². The fourth-order valence-electron chi connectivity index (χ4n) is 2.82. The first-order valence-corrected chi connectivity index (χ1v) is 8.57. The Balaban J connectivity index is 1.35. The standard InChI is InChI=1S/C18H16N6O4/c25-14(21-18-22-15(23-24-18)13-6-3-9-28-13)8-7-12-17(27)19-11-5-2-1-4-10(11)16(26)20-12/h1-6,9,12H,7-8H2,(H,19,27)(H,20,26)(H2,21,22,23,24,25)/t12-/m1/s1. The van der Waals surface area contributed by atoms with Gasteiger partial charge in [-0.1, -0.05) is 12.1 Å². The van der Waals surface area contributed by atoms with Crippen LogP contribution in [0.3, 0.4) is 0 Å². The third-order valence-corrected chi connectivity index (χ3v) is 4.20. The van der Waals surface area contributed by atoms with Crippen LogP contribution in [0.5, 0.6) is 0 Å². The molecule has 0 bridgehead atoms. The number of rotatable bonds is 5. The van der Waals surface area contributed by atoms with Crippen LogP contribution in [0.2, 0.25) is 0 Å². The fraction of sp³-hybridized carbons (Fsp3) is 0.167. The van der Waals surface area contributed by atoms with Gasteiger partial charge in [0.25, 0.3) is 5.91 Å². The van der Waals surface area contributed by atoms with Crippen LogP contribution >= 0.6 is 0 Å². The minimum atomic E-state index is -0.823. The molecule has 10 heteroatoms. The number of carbonyl (C=O) groups is 3. The van der Waals surface area contributed by atoms with Crippen molar-refractivity contribution in [1.82, 2.24) is 20.5 Å². The van der Waals surface area contributed by atoms with E-state index in [1.807, 2.05) is 0 Å². The van der Waals surface area contributed by atoms with Crippen molar-refractivity contribution in [1.29, 1.82) is 0 Å². The molecule has 28 heavy (non-hydrogen) atoms. The van der Waals surface area contributed by atoms with E-state index in [9.17, 15) is 14.4 Å². The molecule has 1 aromatic carbocycles. The molecule has 1 aliphatic heterocycles. The lowest BCUT2D eigenvalue weighted by Crippen LogP contribution is -2.41. The number of nitrogens with one attached hydrogen (secondary N) is 4. The maximum Gasteiger partial charge on any atom is 0.254 e. The molecule has 4 rings (SSSR count). The van der Waals surface area contributed by atoms with Gasteiger partial charge in [0.15, 0.2) is 11.6 Å². The number of carbonyl (C=O) groups excluding carboxylic acids is 3. The highest BCUT2D eigenvalue weighted by atomic mass is 16.3. The van der Waals surface area contributed by atoms with Gasteiger partial charge in [-0.25, -0.2) is 0 Å². The number of anilines is 2. The van der Waals surface area contributed by atoms with Gasteiger partial charge in [-0.3, -0.25) is 24.8 Å². The second-order valence-corrected chi connectivity index (χ2v) is 6.13. The number of aromatic amines is 1. The molecule has 0 aliphatic carbocycles. The Hall–Kier alpha value is -3.95. The first-order chi connectivity index (χ1) is 13.6. The summed E-state index contributed by atoms with van der Waals surface area (Å²) >= 11 is 0. The number of furan rings is 1. The van der Waals surface area contributed by atoms with E-state index in [0.717, 1.165) is 0 Å².